The van der Waals surface area contributed by atoms with E-state index in [1.54, 1.807) is 0 Å². The normalized spacial score (nSPS) is 15.6. The lowest BCUT2D eigenvalue weighted by Crippen LogP contribution is -2.30. The third-order valence-corrected chi connectivity index (χ3v) is 11.2. The average molecular weight is 677 g/mol. The average Bonchev–Trinajstić information content (AvgIpc) is 3.58. The molecule has 250 valence electrons. The van der Waals surface area contributed by atoms with Crippen LogP contribution in [0, 0.1) is 0 Å². The number of para-hydroxylation sites is 1. The summed E-state index contributed by atoms with van der Waals surface area (Å²) in [4.78, 5) is 0. The Morgan fingerprint density at radius 3 is 1.79 bits per heavy atom. The molecule has 1 N–H and O–H groups in total. The molecular weight excluding hydrogens is 643 g/mol. The van der Waals surface area contributed by atoms with E-state index in [0.29, 0.717) is 0 Å². The van der Waals surface area contributed by atoms with Crippen LogP contribution in [-0.2, 0) is 0 Å². The molecule has 0 amide bonds. The number of aromatic nitrogens is 1. The number of rotatable bonds is 4. The first kappa shape index (κ1) is 30.0. The highest BCUT2D eigenvalue weighted by molar-refractivity contribution is 6.28. The van der Waals surface area contributed by atoms with Crippen molar-refractivity contribution in [3.8, 4) is 16.8 Å². The molecule has 0 bridgehead atoms. The number of fused-ring (bicyclic) bond motifs is 9. The van der Waals surface area contributed by atoms with Crippen LogP contribution in [0.2, 0.25) is 0 Å². The van der Waals surface area contributed by atoms with Gasteiger partial charge in [0.15, 0.2) is 0 Å². The van der Waals surface area contributed by atoms with E-state index >= 15 is 0 Å². The van der Waals surface area contributed by atoms with E-state index in [1.165, 1.54) is 87.6 Å². The molecule has 1 aromatic heterocycles. The fourth-order valence-corrected chi connectivity index (χ4v) is 8.80. The molecule has 53 heavy (non-hydrogen) atoms. The first-order valence-electron chi connectivity index (χ1n) is 18.4. The van der Waals surface area contributed by atoms with Gasteiger partial charge in [-0.25, -0.2) is 0 Å². The van der Waals surface area contributed by atoms with Crippen LogP contribution in [0.25, 0.3) is 76.3 Å². The minimum atomic E-state index is -0.236. The standard InChI is InChI=1S/C50H34N3/c1-2-13-32(14-3-1)35-17-10-18-36(31-35)49-42-21-8-9-25-43(42)51-50(52-49)41-24-11-23-40-39(41)22-12-26-44(40)53-45-29-27-33-15-4-6-19-37(33)47(45)48-38-20-7-5-16-34(38)28-30-46(48)53/h1-31,49-50,52H/q-1. The molecule has 2 atom stereocenters. The second-order valence-electron chi connectivity index (χ2n) is 14.1. The second kappa shape index (κ2) is 11.9. The molecule has 1 aliphatic heterocycles. The maximum absolute atomic E-state index is 5.36. The Labute approximate surface area is 307 Å². The lowest BCUT2D eigenvalue weighted by molar-refractivity contribution is 0.527. The number of hydrogen-bond donors (Lipinski definition) is 1. The summed E-state index contributed by atoms with van der Waals surface area (Å²) in [5, 5.41) is 19.4. The van der Waals surface area contributed by atoms with Crippen LogP contribution in [0.15, 0.2) is 188 Å². The third kappa shape index (κ3) is 4.71. The number of nitrogens with zero attached hydrogens (tertiary/aromatic N) is 2. The molecular formula is C50H34N3-. The van der Waals surface area contributed by atoms with Crippen LogP contribution < -0.4 is 5.32 Å². The van der Waals surface area contributed by atoms with Gasteiger partial charge in [-0.2, -0.15) is 0 Å². The van der Waals surface area contributed by atoms with Crippen LogP contribution in [0.3, 0.4) is 0 Å². The Kier molecular flexibility index (Phi) is 6.76. The number of nitrogens with one attached hydrogen (secondary N) is 1. The van der Waals surface area contributed by atoms with Crippen molar-refractivity contribution in [2.45, 2.75) is 12.2 Å². The molecule has 3 nitrogen and oxygen atoms in total. The van der Waals surface area contributed by atoms with E-state index in [-0.39, 0.29) is 12.2 Å². The molecule has 2 heterocycles. The van der Waals surface area contributed by atoms with E-state index in [9.17, 15) is 0 Å². The Balaban J connectivity index is 1.10. The van der Waals surface area contributed by atoms with Crippen LogP contribution in [0.1, 0.15) is 28.9 Å². The molecule has 0 aliphatic carbocycles. The van der Waals surface area contributed by atoms with Crippen molar-refractivity contribution in [3.63, 3.8) is 0 Å². The molecule has 9 aromatic carbocycles. The second-order valence-corrected chi connectivity index (χ2v) is 14.1. The summed E-state index contributed by atoms with van der Waals surface area (Å²) in [5.74, 6) is 0. The predicted octanol–water partition coefficient (Wildman–Crippen LogP) is 13.3. The fraction of sp³-hybridized carbons (Fsp3) is 0.0400. The number of benzene rings is 9. The number of hydrogen-bond acceptors (Lipinski definition) is 1. The zero-order valence-corrected chi connectivity index (χ0v) is 28.9. The summed E-state index contributed by atoms with van der Waals surface area (Å²) in [5.41, 5.74) is 10.6. The summed E-state index contributed by atoms with van der Waals surface area (Å²) in [6.45, 7) is 0. The summed E-state index contributed by atoms with van der Waals surface area (Å²) in [6, 6.07) is 68.2. The van der Waals surface area contributed by atoms with E-state index in [0.717, 1.165) is 5.69 Å². The van der Waals surface area contributed by atoms with Crippen molar-refractivity contribution < 1.29 is 0 Å². The van der Waals surface area contributed by atoms with Gasteiger partial charge >= 0.3 is 0 Å². The Morgan fingerprint density at radius 1 is 0.434 bits per heavy atom. The minimum Gasteiger partial charge on any atom is -0.666 e. The predicted molar refractivity (Wildman–Crippen MR) is 222 cm³/mol. The van der Waals surface area contributed by atoms with Crippen molar-refractivity contribution in [1.82, 2.24) is 9.88 Å². The van der Waals surface area contributed by atoms with Gasteiger partial charge in [0.05, 0.1) is 22.8 Å². The van der Waals surface area contributed by atoms with Gasteiger partial charge in [0.1, 0.15) is 0 Å². The molecule has 2 unspecified atom stereocenters. The largest absolute Gasteiger partial charge is 0.666 e. The first-order chi connectivity index (χ1) is 26.3. The maximum Gasteiger partial charge on any atom is 0.0556 e. The third-order valence-electron chi connectivity index (χ3n) is 11.2. The van der Waals surface area contributed by atoms with Crippen LogP contribution in [0.4, 0.5) is 5.69 Å². The molecule has 10 aromatic rings. The summed E-state index contributed by atoms with van der Waals surface area (Å²) >= 11 is 0. The van der Waals surface area contributed by atoms with Gasteiger partial charge in [-0.3, -0.25) is 0 Å². The van der Waals surface area contributed by atoms with E-state index in [4.69, 9.17) is 5.32 Å². The SMILES string of the molecule is c1ccc(-c2cccc(C3NC(c4cccc5c(-n6c7ccc8ccccc8c7c7c8ccccc8ccc76)cccc45)[N-]c4ccccc43)c2)cc1. The Morgan fingerprint density at radius 2 is 1.02 bits per heavy atom. The van der Waals surface area contributed by atoms with E-state index in [2.05, 4.69) is 198 Å². The summed E-state index contributed by atoms with van der Waals surface area (Å²) in [6.07, 6.45) is -0.236. The summed E-state index contributed by atoms with van der Waals surface area (Å²) < 4.78 is 2.48. The lowest BCUT2D eigenvalue weighted by atomic mass is 9.90. The highest BCUT2D eigenvalue weighted by Gasteiger charge is 2.24. The molecule has 0 fully saturated rings. The zero-order chi connectivity index (χ0) is 34.9. The van der Waals surface area contributed by atoms with Crippen molar-refractivity contribution in [2.24, 2.45) is 0 Å². The Bertz CT molecular complexity index is 2940. The van der Waals surface area contributed by atoms with Gasteiger partial charge in [0.2, 0.25) is 0 Å². The molecule has 11 rings (SSSR count). The van der Waals surface area contributed by atoms with Gasteiger partial charge in [-0.05, 0) is 85.2 Å². The molecule has 3 heteroatoms. The van der Waals surface area contributed by atoms with Crippen LogP contribution in [0.5, 0.6) is 0 Å². The van der Waals surface area contributed by atoms with Gasteiger partial charge in [0, 0.05) is 16.2 Å². The van der Waals surface area contributed by atoms with Crippen molar-refractivity contribution in [3.05, 3.63) is 210 Å². The van der Waals surface area contributed by atoms with Crippen molar-refractivity contribution >= 4 is 59.8 Å². The molecule has 0 saturated heterocycles. The van der Waals surface area contributed by atoms with Crippen molar-refractivity contribution in [1.29, 1.82) is 0 Å². The fourth-order valence-electron chi connectivity index (χ4n) is 8.80. The van der Waals surface area contributed by atoms with Gasteiger partial charge in [0.25, 0.3) is 0 Å². The van der Waals surface area contributed by atoms with Crippen molar-refractivity contribution in [2.75, 3.05) is 0 Å². The molecule has 0 radical (unpaired) electrons. The lowest BCUT2D eigenvalue weighted by Gasteiger charge is -2.46. The highest BCUT2D eigenvalue weighted by Crippen LogP contribution is 2.47. The molecule has 1 aliphatic rings. The minimum absolute atomic E-state index is 0.0188. The maximum atomic E-state index is 5.36. The van der Waals surface area contributed by atoms with Gasteiger partial charge in [-0.15, -0.1) is 5.69 Å². The molecule has 0 spiro atoms. The Hall–Kier alpha value is -6.68. The topological polar surface area (TPSA) is 31.1 Å². The summed E-state index contributed by atoms with van der Waals surface area (Å²) in [7, 11) is 0. The van der Waals surface area contributed by atoms with Crippen LogP contribution >= 0.6 is 0 Å². The highest BCUT2D eigenvalue weighted by atomic mass is 15.2. The van der Waals surface area contributed by atoms with E-state index < -0.39 is 0 Å². The smallest absolute Gasteiger partial charge is 0.0556 e. The monoisotopic (exact) mass is 676 g/mol. The quantitative estimate of drug-likeness (QED) is 0.198. The van der Waals surface area contributed by atoms with Crippen LogP contribution in [-0.4, -0.2) is 4.57 Å². The van der Waals surface area contributed by atoms with E-state index in [1.807, 2.05) is 0 Å². The first-order valence-corrected chi connectivity index (χ1v) is 18.4. The van der Waals surface area contributed by atoms with Gasteiger partial charge in [-0.1, -0.05) is 164 Å². The zero-order valence-electron chi connectivity index (χ0n) is 28.9. The molecule has 0 saturated carbocycles. The van der Waals surface area contributed by atoms with Gasteiger partial charge < -0.3 is 15.2 Å².